The molecule has 0 heterocycles. The van der Waals surface area contributed by atoms with Crippen LogP contribution in [-0.2, 0) is 0 Å². The molecule has 0 aromatic carbocycles. The fourth-order valence-electron chi connectivity index (χ4n) is 9.60. The first kappa shape index (κ1) is 22.5. The average molecular weight is 425 g/mol. The van der Waals surface area contributed by atoms with Crippen LogP contribution >= 0.6 is 0 Å². The maximum Gasteiger partial charge on any atom is -0.0168 e. The predicted molar refractivity (Wildman–Crippen MR) is 134 cm³/mol. The molecule has 0 spiro atoms. The van der Waals surface area contributed by atoms with E-state index in [1.807, 2.05) is 5.57 Å². The molecule has 5 rings (SSSR count). The van der Waals surface area contributed by atoms with Crippen molar-refractivity contribution in [3.8, 4) is 0 Å². The summed E-state index contributed by atoms with van der Waals surface area (Å²) in [6.45, 7) is 2.73. The summed E-state index contributed by atoms with van der Waals surface area (Å²) in [6, 6.07) is 0. The van der Waals surface area contributed by atoms with Gasteiger partial charge in [0.05, 0.1) is 0 Å². The van der Waals surface area contributed by atoms with E-state index in [4.69, 9.17) is 0 Å². The van der Waals surface area contributed by atoms with Crippen LogP contribution in [0.3, 0.4) is 0 Å². The number of hydrogen-bond acceptors (Lipinski definition) is 0. The zero-order valence-corrected chi connectivity index (χ0v) is 20.8. The summed E-state index contributed by atoms with van der Waals surface area (Å²) < 4.78 is 0. The highest BCUT2D eigenvalue weighted by Crippen LogP contribution is 2.56. The largest absolute Gasteiger partial charge is 0.0811 e. The smallest absolute Gasteiger partial charge is 0.0168 e. The molecule has 0 bridgehead atoms. The van der Waals surface area contributed by atoms with Crippen molar-refractivity contribution in [2.24, 2.45) is 47.3 Å². The van der Waals surface area contributed by atoms with Gasteiger partial charge in [-0.15, -0.1) is 0 Å². The molecule has 0 nitrogen and oxygen atoms in total. The van der Waals surface area contributed by atoms with Gasteiger partial charge in [0.15, 0.2) is 0 Å². The lowest BCUT2D eigenvalue weighted by Crippen LogP contribution is -2.46. The first-order valence-electron chi connectivity index (χ1n) is 15.0. The Morgan fingerprint density at radius 2 is 0.903 bits per heavy atom. The highest BCUT2D eigenvalue weighted by Gasteiger charge is 2.48. The van der Waals surface area contributed by atoms with Gasteiger partial charge in [0.25, 0.3) is 0 Å². The van der Waals surface area contributed by atoms with E-state index in [2.05, 4.69) is 13.0 Å². The Labute approximate surface area is 194 Å². The third kappa shape index (κ3) is 4.99. The van der Waals surface area contributed by atoms with Crippen molar-refractivity contribution in [1.82, 2.24) is 0 Å². The topological polar surface area (TPSA) is 0 Å². The van der Waals surface area contributed by atoms with E-state index in [9.17, 15) is 0 Å². The van der Waals surface area contributed by atoms with Crippen molar-refractivity contribution in [2.75, 3.05) is 0 Å². The molecule has 0 saturated heterocycles. The molecule has 0 heteroatoms. The third-order valence-corrected chi connectivity index (χ3v) is 11.0. The zero-order valence-electron chi connectivity index (χ0n) is 20.8. The predicted octanol–water partition coefficient (Wildman–Crippen LogP) is 9.73. The Balaban J connectivity index is 1.51. The van der Waals surface area contributed by atoms with Gasteiger partial charge < -0.3 is 0 Å². The van der Waals surface area contributed by atoms with Gasteiger partial charge in [0.1, 0.15) is 0 Å². The second-order valence-electron chi connectivity index (χ2n) is 12.7. The molecule has 0 amide bonds. The molecular formula is C31H52. The van der Waals surface area contributed by atoms with Crippen LogP contribution in [0.2, 0.25) is 0 Å². The van der Waals surface area contributed by atoms with Gasteiger partial charge >= 0.3 is 0 Å². The van der Waals surface area contributed by atoms with Gasteiger partial charge in [-0.25, -0.2) is 0 Å². The molecule has 4 saturated carbocycles. The molecule has 4 fully saturated rings. The molecule has 0 radical (unpaired) electrons. The van der Waals surface area contributed by atoms with Crippen LogP contribution in [0.25, 0.3) is 0 Å². The lowest BCUT2D eigenvalue weighted by molar-refractivity contribution is 0.00920. The van der Waals surface area contributed by atoms with Crippen LogP contribution in [0.15, 0.2) is 11.6 Å². The van der Waals surface area contributed by atoms with Gasteiger partial charge in [-0.2, -0.15) is 0 Å². The monoisotopic (exact) mass is 424 g/mol. The van der Waals surface area contributed by atoms with E-state index in [-0.39, 0.29) is 0 Å². The molecule has 176 valence electrons. The molecular weight excluding hydrogens is 372 g/mol. The Hall–Kier alpha value is -0.260. The minimum atomic E-state index is 0.887. The van der Waals surface area contributed by atoms with Gasteiger partial charge in [-0.3, -0.25) is 0 Å². The van der Waals surface area contributed by atoms with E-state index < -0.39 is 0 Å². The quantitative estimate of drug-likeness (QED) is 0.394. The Kier molecular flexibility index (Phi) is 7.83. The molecule has 0 aliphatic heterocycles. The summed E-state index contributed by atoms with van der Waals surface area (Å²) >= 11 is 0. The van der Waals surface area contributed by atoms with E-state index in [0.29, 0.717) is 0 Å². The standard InChI is InChI=1S/C31H52/c1-23-28(24-14-6-2-7-15-24)22-29(25-16-8-3-9-17-25)31(27-20-12-5-13-21-27)30(23)26-18-10-4-11-19-26/h22-27,29-31H,2-21H2,1H3. The number of hydrogen-bond donors (Lipinski definition) is 0. The molecule has 0 aromatic rings. The first-order chi connectivity index (χ1) is 15.3. The van der Waals surface area contributed by atoms with Crippen molar-refractivity contribution < 1.29 is 0 Å². The molecule has 31 heavy (non-hydrogen) atoms. The second-order valence-corrected chi connectivity index (χ2v) is 12.7. The maximum atomic E-state index is 3.02. The Bertz CT molecular complexity index is 563. The molecule has 5 aliphatic carbocycles. The minimum Gasteiger partial charge on any atom is -0.0811 e. The molecule has 4 unspecified atom stereocenters. The first-order valence-corrected chi connectivity index (χ1v) is 15.0. The van der Waals surface area contributed by atoms with Crippen molar-refractivity contribution in [3.05, 3.63) is 11.6 Å². The third-order valence-electron chi connectivity index (χ3n) is 11.0. The van der Waals surface area contributed by atoms with Crippen LogP contribution < -0.4 is 0 Å². The van der Waals surface area contributed by atoms with E-state index >= 15 is 0 Å². The summed E-state index contributed by atoms with van der Waals surface area (Å²) in [5.74, 6) is 7.98. The lowest BCUT2D eigenvalue weighted by Gasteiger charge is -2.53. The van der Waals surface area contributed by atoms with Crippen molar-refractivity contribution in [3.63, 3.8) is 0 Å². The van der Waals surface area contributed by atoms with Crippen LogP contribution in [0, 0.1) is 47.3 Å². The second kappa shape index (κ2) is 10.8. The Morgan fingerprint density at radius 1 is 0.484 bits per heavy atom. The highest BCUT2D eigenvalue weighted by molar-refractivity contribution is 5.21. The summed E-state index contributed by atoms with van der Waals surface area (Å²) in [6.07, 6.45) is 33.6. The van der Waals surface area contributed by atoms with Gasteiger partial charge in [0, 0.05) is 0 Å². The van der Waals surface area contributed by atoms with Crippen molar-refractivity contribution >= 4 is 0 Å². The maximum absolute atomic E-state index is 3.02. The molecule has 0 N–H and O–H groups in total. The van der Waals surface area contributed by atoms with E-state index in [1.54, 1.807) is 38.5 Å². The SMILES string of the molecule is CC1C(C2CCCCC2)=CC(C2CCCCC2)C(C2CCCCC2)C1C1CCCCC1. The summed E-state index contributed by atoms with van der Waals surface area (Å²) in [5, 5.41) is 0. The minimum absolute atomic E-state index is 0.887. The summed E-state index contributed by atoms with van der Waals surface area (Å²) in [4.78, 5) is 0. The van der Waals surface area contributed by atoms with Crippen LogP contribution in [0.5, 0.6) is 0 Å². The average Bonchev–Trinajstić information content (AvgIpc) is 2.86. The zero-order chi connectivity index (χ0) is 21.0. The normalized spacial score (nSPS) is 38.2. The van der Waals surface area contributed by atoms with Crippen LogP contribution in [-0.4, -0.2) is 0 Å². The van der Waals surface area contributed by atoms with E-state index in [1.165, 1.54) is 89.9 Å². The van der Waals surface area contributed by atoms with Gasteiger partial charge in [-0.05, 0) is 73.0 Å². The summed E-state index contributed by atoms with van der Waals surface area (Å²) in [5.41, 5.74) is 2.00. The van der Waals surface area contributed by atoms with E-state index in [0.717, 1.165) is 47.3 Å². The summed E-state index contributed by atoms with van der Waals surface area (Å²) in [7, 11) is 0. The van der Waals surface area contributed by atoms with Gasteiger partial charge in [0.2, 0.25) is 0 Å². The van der Waals surface area contributed by atoms with Crippen LogP contribution in [0.1, 0.15) is 135 Å². The van der Waals surface area contributed by atoms with Crippen molar-refractivity contribution in [1.29, 1.82) is 0 Å². The Morgan fingerprint density at radius 3 is 1.42 bits per heavy atom. The van der Waals surface area contributed by atoms with Gasteiger partial charge in [-0.1, -0.05) is 121 Å². The fraction of sp³-hybridized carbons (Fsp3) is 0.935. The van der Waals surface area contributed by atoms with Crippen molar-refractivity contribution in [2.45, 2.75) is 135 Å². The molecule has 5 aliphatic rings. The highest BCUT2D eigenvalue weighted by atomic mass is 14.5. The fourth-order valence-corrected chi connectivity index (χ4v) is 9.60. The lowest BCUT2D eigenvalue weighted by atomic mass is 9.51. The van der Waals surface area contributed by atoms with Crippen LogP contribution in [0.4, 0.5) is 0 Å². The molecule has 0 aromatic heterocycles. The number of allylic oxidation sites excluding steroid dienone is 2. The number of rotatable bonds is 4. The molecule has 4 atom stereocenters.